The van der Waals surface area contributed by atoms with Crippen molar-refractivity contribution in [1.29, 1.82) is 0 Å². The van der Waals surface area contributed by atoms with Crippen molar-refractivity contribution >= 4 is 5.71 Å². The Morgan fingerprint density at radius 3 is 3.07 bits per heavy atom. The standard InChI is InChI=1S/C12H19NO2/c1-8-3-4-10(13-5-6-14)12-9(8)7-11(12)15-2/h3-4,8-9,11-12,14H,5-7H2,1-2H3. The van der Waals surface area contributed by atoms with E-state index in [1.165, 1.54) is 0 Å². The van der Waals surface area contributed by atoms with Gasteiger partial charge in [0, 0.05) is 18.7 Å². The van der Waals surface area contributed by atoms with Crippen molar-refractivity contribution in [3.63, 3.8) is 0 Å². The minimum Gasteiger partial charge on any atom is -0.394 e. The number of hydrogen-bond donors (Lipinski definition) is 1. The smallest absolute Gasteiger partial charge is 0.0660 e. The van der Waals surface area contributed by atoms with Crippen molar-refractivity contribution < 1.29 is 9.84 Å². The molecule has 84 valence electrons. The Morgan fingerprint density at radius 1 is 1.60 bits per heavy atom. The number of fused-ring (bicyclic) bond motifs is 1. The lowest BCUT2D eigenvalue weighted by Crippen LogP contribution is -2.51. The molecule has 4 unspecified atom stereocenters. The molecule has 0 bridgehead atoms. The van der Waals surface area contributed by atoms with E-state index in [4.69, 9.17) is 9.84 Å². The molecule has 0 heterocycles. The van der Waals surface area contributed by atoms with Crippen LogP contribution in [-0.4, -0.2) is 37.2 Å². The molecule has 3 nitrogen and oxygen atoms in total. The third kappa shape index (κ3) is 1.86. The van der Waals surface area contributed by atoms with Gasteiger partial charge in [0.15, 0.2) is 0 Å². The number of nitrogens with zero attached hydrogens (tertiary/aromatic N) is 1. The number of methoxy groups -OCH3 is 1. The predicted molar refractivity (Wildman–Crippen MR) is 60.1 cm³/mol. The van der Waals surface area contributed by atoms with Crippen LogP contribution in [0.4, 0.5) is 0 Å². The molecule has 0 aromatic carbocycles. The van der Waals surface area contributed by atoms with Gasteiger partial charge in [0.2, 0.25) is 0 Å². The number of hydrogen-bond acceptors (Lipinski definition) is 3. The molecule has 0 amide bonds. The number of allylic oxidation sites excluding steroid dienone is 2. The van der Waals surface area contributed by atoms with Crippen LogP contribution < -0.4 is 0 Å². The van der Waals surface area contributed by atoms with Crippen LogP contribution in [0.2, 0.25) is 0 Å². The summed E-state index contributed by atoms with van der Waals surface area (Å²) in [6.07, 6.45) is 5.81. The van der Waals surface area contributed by atoms with Crippen LogP contribution in [0.5, 0.6) is 0 Å². The molecule has 15 heavy (non-hydrogen) atoms. The van der Waals surface area contributed by atoms with Crippen LogP contribution in [0.1, 0.15) is 13.3 Å². The summed E-state index contributed by atoms with van der Waals surface area (Å²) < 4.78 is 5.44. The second-order valence-electron chi connectivity index (χ2n) is 4.45. The van der Waals surface area contributed by atoms with Crippen molar-refractivity contribution in [3.05, 3.63) is 12.2 Å². The summed E-state index contributed by atoms with van der Waals surface area (Å²) in [4.78, 5) is 4.42. The molecule has 0 saturated heterocycles. The zero-order valence-electron chi connectivity index (χ0n) is 9.39. The molecule has 1 N–H and O–H groups in total. The minimum absolute atomic E-state index is 0.127. The van der Waals surface area contributed by atoms with Gasteiger partial charge in [-0.25, -0.2) is 0 Å². The Morgan fingerprint density at radius 2 is 2.40 bits per heavy atom. The van der Waals surface area contributed by atoms with E-state index in [0.717, 1.165) is 12.1 Å². The van der Waals surface area contributed by atoms with E-state index in [2.05, 4.69) is 24.1 Å². The fourth-order valence-corrected chi connectivity index (χ4v) is 2.68. The third-order valence-corrected chi connectivity index (χ3v) is 3.65. The molecule has 3 heteroatoms. The highest BCUT2D eigenvalue weighted by molar-refractivity contribution is 5.99. The Bertz CT molecular complexity index is 285. The van der Waals surface area contributed by atoms with Gasteiger partial charge in [-0.3, -0.25) is 4.99 Å². The molecule has 0 aliphatic heterocycles. The minimum atomic E-state index is 0.127. The number of aliphatic imine (C=N–C) groups is 1. The molecule has 1 fully saturated rings. The van der Waals surface area contributed by atoms with Crippen LogP contribution >= 0.6 is 0 Å². The number of ether oxygens (including phenoxy) is 1. The van der Waals surface area contributed by atoms with Gasteiger partial charge < -0.3 is 9.84 Å². The fraction of sp³-hybridized carbons (Fsp3) is 0.750. The normalized spacial score (nSPS) is 41.4. The summed E-state index contributed by atoms with van der Waals surface area (Å²) in [7, 11) is 1.77. The summed E-state index contributed by atoms with van der Waals surface area (Å²) in [6.45, 7) is 2.89. The summed E-state index contributed by atoms with van der Waals surface area (Å²) >= 11 is 0. The first-order valence-electron chi connectivity index (χ1n) is 5.64. The average Bonchev–Trinajstić information content (AvgIpc) is 2.19. The Hall–Kier alpha value is -0.670. The second-order valence-corrected chi connectivity index (χ2v) is 4.45. The van der Waals surface area contributed by atoms with Gasteiger partial charge >= 0.3 is 0 Å². The average molecular weight is 209 g/mol. The van der Waals surface area contributed by atoms with E-state index in [1.807, 2.05) is 0 Å². The number of rotatable bonds is 3. The Balaban J connectivity index is 2.13. The lowest BCUT2D eigenvalue weighted by atomic mass is 9.60. The van der Waals surface area contributed by atoms with Crippen LogP contribution in [0.15, 0.2) is 17.1 Å². The highest BCUT2D eigenvalue weighted by atomic mass is 16.5. The first kappa shape index (κ1) is 10.8. The molecule has 4 atom stereocenters. The maximum atomic E-state index is 8.78. The predicted octanol–water partition coefficient (Wildman–Crippen LogP) is 1.28. The van der Waals surface area contributed by atoms with Crippen molar-refractivity contribution in [3.8, 4) is 0 Å². The van der Waals surface area contributed by atoms with Crippen LogP contribution in [0, 0.1) is 17.8 Å². The van der Waals surface area contributed by atoms with E-state index in [-0.39, 0.29) is 6.61 Å². The van der Waals surface area contributed by atoms with Crippen LogP contribution in [0.25, 0.3) is 0 Å². The molecule has 1 saturated carbocycles. The monoisotopic (exact) mass is 209 g/mol. The summed E-state index contributed by atoms with van der Waals surface area (Å²) in [5.74, 6) is 1.79. The van der Waals surface area contributed by atoms with Crippen molar-refractivity contribution in [2.45, 2.75) is 19.4 Å². The van der Waals surface area contributed by atoms with Gasteiger partial charge in [-0.05, 0) is 24.3 Å². The zero-order chi connectivity index (χ0) is 10.8. The number of aliphatic hydroxyl groups excluding tert-OH is 1. The lowest BCUT2D eigenvalue weighted by molar-refractivity contribution is -0.0452. The fourth-order valence-electron chi connectivity index (χ4n) is 2.68. The van der Waals surface area contributed by atoms with Gasteiger partial charge in [-0.2, -0.15) is 0 Å². The van der Waals surface area contributed by atoms with Gasteiger partial charge in [0.05, 0.1) is 19.3 Å². The van der Waals surface area contributed by atoms with Gasteiger partial charge in [-0.1, -0.05) is 13.0 Å². The molecule has 2 aliphatic carbocycles. The van der Waals surface area contributed by atoms with Crippen LogP contribution in [0.3, 0.4) is 0 Å². The zero-order valence-corrected chi connectivity index (χ0v) is 9.39. The molecule has 2 rings (SSSR count). The highest BCUT2D eigenvalue weighted by Crippen LogP contribution is 2.45. The summed E-state index contributed by atoms with van der Waals surface area (Å²) in [5.41, 5.74) is 1.12. The number of aliphatic hydroxyl groups is 1. The van der Waals surface area contributed by atoms with Gasteiger partial charge in [0.25, 0.3) is 0 Å². The highest BCUT2D eigenvalue weighted by Gasteiger charge is 2.47. The summed E-state index contributed by atoms with van der Waals surface area (Å²) in [6, 6.07) is 0. The van der Waals surface area contributed by atoms with E-state index in [9.17, 15) is 0 Å². The molecular formula is C12H19NO2. The Kier molecular flexibility index (Phi) is 3.22. The maximum absolute atomic E-state index is 8.78. The Labute approximate surface area is 90.9 Å². The molecule has 0 aromatic heterocycles. The van der Waals surface area contributed by atoms with E-state index < -0.39 is 0 Å². The van der Waals surface area contributed by atoms with Gasteiger partial charge in [-0.15, -0.1) is 0 Å². The first-order valence-corrected chi connectivity index (χ1v) is 5.64. The van der Waals surface area contributed by atoms with E-state index >= 15 is 0 Å². The van der Waals surface area contributed by atoms with E-state index in [0.29, 0.717) is 30.4 Å². The molecule has 0 aromatic rings. The molecule has 2 aliphatic rings. The maximum Gasteiger partial charge on any atom is 0.0660 e. The summed E-state index contributed by atoms with van der Waals surface area (Å²) in [5, 5.41) is 8.78. The topological polar surface area (TPSA) is 41.8 Å². The van der Waals surface area contributed by atoms with Crippen molar-refractivity contribution in [1.82, 2.24) is 0 Å². The van der Waals surface area contributed by atoms with Crippen LogP contribution in [-0.2, 0) is 4.74 Å². The van der Waals surface area contributed by atoms with E-state index in [1.54, 1.807) is 7.11 Å². The van der Waals surface area contributed by atoms with Gasteiger partial charge in [0.1, 0.15) is 0 Å². The third-order valence-electron chi connectivity index (χ3n) is 3.65. The largest absolute Gasteiger partial charge is 0.394 e. The molecule has 0 radical (unpaired) electrons. The van der Waals surface area contributed by atoms with Crippen molar-refractivity contribution in [2.75, 3.05) is 20.3 Å². The lowest BCUT2D eigenvalue weighted by Gasteiger charge is -2.48. The second kappa shape index (κ2) is 4.45. The molecular weight excluding hydrogens is 190 g/mol. The first-order chi connectivity index (χ1) is 7.27. The SMILES string of the molecule is COC1CC2C(C)C=CC(=NCCO)C12. The molecule has 0 spiro atoms. The van der Waals surface area contributed by atoms with Crippen molar-refractivity contribution in [2.24, 2.45) is 22.7 Å². The quantitative estimate of drug-likeness (QED) is 0.760.